The van der Waals surface area contributed by atoms with E-state index in [1.54, 1.807) is 16.0 Å². The highest BCUT2D eigenvalue weighted by Crippen LogP contribution is 2.29. The summed E-state index contributed by atoms with van der Waals surface area (Å²) in [5.74, 6) is -0.373. The number of fused-ring (bicyclic) bond motifs is 1. The van der Waals surface area contributed by atoms with Crippen LogP contribution in [0.2, 0.25) is 0 Å². The molecule has 0 saturated carbocycles. The number of carbonyl (C=O) groups is 1. The summed E-state index contributed by atoms with van der Waals surface area (Å²) in [4.78, 5) is 34.5. The highest BCUT2D eigenvalue weighted by molar-refractivity contribution is 14.2. The molecule has 1 amide bonds. The molecule has 0 bridgehead atoms. The number of aromatic amines is 1. The van der Waals surface area contributed by atoms with Crippen molar-refractivity contribution in [3.63, 3.8) is 0 Å². The lowest BCUT2D eigenvalue weighted by Crippen LogP contribution is -2.29. The molecule has 35 heavy (non-hydrogen) atoms. The molecule has 0 aliphatic carbocycles. The first-order valence-electron chi connectivity index (χ1n) is 11.3. The van der Waals surface area contributed by atoms with Gasteiger partial charge < -0.3 is 10.2 Å². The van der Waals surface area contributed by atoms with E-state index in [-0.39, 0.29) is 16.0 Å². The van der Waals surface area contributed by atoms with Gasteiger partial charge in [0.15, 0.2) is 28.9 Å². The molecule has 178 valence electrons. The Hall–Kier alpha value is -3.63. The number of aromatic nitrogens is 4. The largest absolute Gasteiger partial charge is 0.370 e. The quantitative estimate of drug-likeness (QED) is 0.250. The number of carbonyl (C=O) groups excluding carboxylic acids is 2. The minimum atomic E-state index is -2.96. The highest BCUT2D eigenvalue weighted by atomic mass is 127. The number of halogens is 1. The van der Waals surface area contributed by atoms with Crippen LogP contribution >= 0.6 is 19.3 Å². The summed E-state index contributed by atoms with van der Waals surface area (Å²) in [6.45, 7) is 2.09. The minimum Gasteiger partial charge on any atom is -0.370 e. The average Bonchev–Trinajstić information content (AvgIpc) is 3.34. The molecule has 1 aliphatic rings. The van der Waals surface area contributed by atoms with Gasteiger partial charge in [0, 0.05) is 30.2 Å². The van der Waals surface area contributed by atoms with Gasteiger partial charge in [-0.15, -0.1) is 0 Å². The van der Waals surface area contributed by atoms with Crippen molar-refractivity contribution in [3.8, 4) is 11.1 Å². The topological polar surface area (TPSA) is 121 Å². The third kappa shape index (κ3) is 5.23. The van der Waals surface area contributed by atoms with E-state index in [4.69, 9.17) is 0 Å². The normalized spacial score (nSPS) is 13.7. The van der Waals surface area contributed by atoms with E-state index in [1.165, 1.54) is 25.5 Å². The van der Waals surface area contributed by atoms with Crippen molar-refractivity contribution < 1.29 is 12.7 Å². The van der Waals surface area contributed by atoms with Gasteiger partial charge in [0.1, 0.15) is 0 Å². The Labute approximate surface area is 208 Å². The fraction of sp³-hybridized carbons (Fsp3) is 0.240. The zero-order valence-electron chi connectivity index (χ0n) is 18.8. The third-order valence-electron chi connectivity index (χ3n) is 5.98. The number of nitrogens with zero attached hydrogens (tertiary/aromatic N) is 4. The molecule has 4 heterocycles. The molecule has 1 saturated heterocycles. The predicted molar refractivity (Wildman–Crippen MR) is 142 cm³/mol. The number of H-pyrrole nitrogens is 1. The lowest BCUT2D eigenvalue weighted by molar-refractivity contribution is 0.102. The van der Waals surface area contributed by atoms with Crippen LogP contribution in [0, 0.1) is 0 Å². The van der Waals surface area contributed by atoms with Gasteiger partial charge in [-0.1, -0.05) is 6.07 Å². The van der Waals surface area contributed by atoms with Crippen molar-refractivity contribution in [2.24, 2.45) is 0 Å². The maximum Gasteiger partial charge on any atom is 0.276 e. The first kappa shape index (κ1) is 23.1. The SMILES string of the molecule is O=C=I(=O)Cc1ccc(NC(=O)c2n[nH]c3ccc(-c4cncc(N5CCCCC5)c4)cc23)cn1. The zero-order valence-corrected chi connectivity index (χ0v) is 21.0. The van der Waals surface area contributed by atoms with E-state index in [1.807, 2.05) is 30.6 Å². The Morgan fingerprint density at radius 3 is 2.69 bits per heavy atom. The van der Waals surface area contributed by atoms with E-state index in [0.717, 1.165) is 35.4 Å². The second-order valence-corrected chi connectivity index (χ2v) is 11.4. The van der Waals surface area contributed by atoms with Crippen LogP contribution in [0.4, 0.5) is 11.4 Å². The Morgan fingerprint density at radius 2 is 1.91 bits per heavy atom. The van der Waals surface area contributed by atoms with Crippen LogP contribution in [-0.4, -0.2) is 43.0 Å². The number of piperidine rings is 1. The first-order valence-corrected chi connectivity index (χ1v) is 14.8. The van der Waals surface area contributed by atoms with Gasteiger partial charge in [-0.25, -0.2) is 4.79 Å². The molecule has 1 aromatic carbocycles. The van der Waals surface area contributed by atoms with E-state index in [0.29, 0.717) is 16.8 Å². The van der Waals surface area contributed by atoms with Crippen LogP contribution < -0.4 is 10.2 Å². The second-order valence-electron chi connectivity index (χ2n) is 8.34. The van der Waals surface area contributed by atoms with Crippen molar-refractivity contribution in [1.82, 2.24) is 20.2 Å². The summed E-state index contributed by atoms with van der Waals surface area (Å²) in [5.41, 5.74) is 5.08. The Kier molecular flexibility index (Phi) is 6.82. The lowest BCUT2D eigenvalue weighted by Gasteiger charge is -2.28. The number of hydrogen-bond donors (Lipinski definition) is 2. The number of pyridine rings is 2. The fourth-order valence-corrected chi connectivity index (χ4v) is 5.51. The standard InChI is InChI=1S/C25H23IN6O3/c33-16-26(35)12-19-5-6-20(14-28-19)29-25(34)24-22-11-17(4-7-23(22)30-31-24)18-10-21(15-27-13-18)32-8-2-1-3-9-32/h4-7,10-11,13-15H,1-3,8-9,12H2,(H,29,34)(H,30,31). The first-order chi connectivity index (χ1) is 17.1. The van der Waals surface area contributed by atoms with Crippen molar-refractivity contribution in [3.05, 3.63) is 66.4 Å². The summed E-state index contributed by atoms with van der Waals surface area (Å²) in [5, 5.41) is 10.6. The zero-order chi connectivity index (χ0) is 24.2. The molecule has 9 nitrogen and oxygen atoms in total. The molecule has 0 unspecified atom stereocenters. The molecule has 1 aliphatic heterocycles. The number of benzene rings is 1. The Balaban J connectivity index is 1.38. The molecular formula is C25H23IN6O3. The van der Waals surface area contributed by atoms with Gasteiger partial charge in [-0.2, -0.15) is 5.10 Å². The van der Waals surface area contributed by atoms with Crippen LogP contribution in [0.15, 0.2) is 55.0 Å². The lowest BCUT2D eigenvalue weighted by atomic mass is 10.0. The van der Waals surface area contributed by atoms with Crippen LogP contribution in [0.1, 0.15) is 35.4 Å². The minimum absolute atomic E-state index is 0.113. The summed E-state index contributed by atoms with van der Waals surface area (Å²) < 4.78 is 13.1. The number of amides is 1. The van der Waals surface area contributed by atoms with Crippen LogP contribution in [0.5, 0.6) is 0 Å². The van der Waals surface area contributed by atoms with Gasteiger partial charge >= 0.3 is 0 Å². The van der Waals surface area contributed by atoms with Gasteiger partial charge in [-0.3, -0.25) is 22.9 Å². The molecule has 4 aromatic rings. The molecule has 0 spiro atoms. The second kappa shape index (κ2) is 10.3. The fourth-order valence-electron chi connectivity index (χ4n) is 4.20. The van der Waals surface area contributed by atoms with E-state index in [9.17, 15) is 12.7 Å². The number of nitrogens with one attached hydrogen (secondary N) is 2. The van der Waals surface area contributed by atoms with Crippen molar-refractivity contribution >= 4 is 51.4 Å². The Morgan fingerprint density at radius 1 is 1.06 bits per heavy atom. The molecule has 10 heteroatoms. The molecule has 0 radical (unpaired) electrons. The van der Waals surface area contributed by atoms with Crippen LogP contribution in [0.3, 0.4) is 0 Å². The smallest absolute Gasteiger partial charge is 0.276 e. The summed E-state index contributed by atoms with van der Waals surface area (Å²) >= 11 is -2.96. The highest BCUT2D eigenvalue weighted by Gasteiger charge is 2.17. The van der Waals surface area contributed by atoms with Gasteiger partial charge in [0.2, 0.25) is 0 Å². The van der Waals surface area contributed by atoms with Crippen LogP contribution in [0.25, 0.3) is 22.0 Å². The van der Waals surface area contributed by atoms with Gasteiger partial charge in [0.05, 0.1) is 39.4 Å². The van der Waals surface area contributed by atoms with Crippen molar-refractivity contribution in [1.29, 1.82) is 0 Å². The summed E-state index contributed by atoms with van der Waals surface area (Å²) in [7, 11) is 0. The Bertz CT molecular complexity index is 1480. The maximum absolute atomic E-state index is 13.0. The van der Waals surface area contributed by atoms with Crippen molar-refractivity contribution in [2.75, 3.05) is 23.3 Å². The number of anilines is 2. The maximum atomic E-state index is 13.0. The molecule has 1 fully saturated rings. The summed E-state index contributed by atoms with van der Waals surface area (Å²) in [6.07, 6.45) is 8.87. The van der Waals surface area contributed by atoms with Gasteiger partial charge in [0.25, 0.3) is 5.91 Å². The number of rotatable bonds is 6. The molecule has 5 rings (SSSR count). The van der Waals surface area contributed by atoms with Crippen molar-refractivity contribution in [2.45, 2.75) is 23.7 Å². The van der Waals surface area contributed by atoms with Gasteiger partial charge in [-0.05, 0) is 55.2 Å². The molecule has 0 atom stereocenters. The third-order valence-corrected chi connectivity index (χ3v) is 7.95. The number of alkyl halides is 1. The molecule has 2 N–H and O–H groups in total. The van der Waals surface area contributed by atoms with E-state index in [2.05, 4.69) is 36.4 Å². The average molecular weight is 582 g/mol. The summed E-state index contributed by atoms with van der Waals surface area (Å²) in [6, 6.07) is 11.3. The van der Waals surface area contributed by atoms with E-state index < -0.39 is 19.3 Å². The molecular weight excluding hydrogens is 559 g/mol. The predicted octanol–water partition coefficient (Wildman–Crippen LogP) is 4.68. The molecule has 3 aromatic heterocycles. The van der Waals surface area contributed by atoms with E-state index >= 15 is 0 Å². The van der Waals surface area contributed by atoms with Crippen LogP contribution in [-0.2, 0) is 12.3 Å². The monoisotopic (exact) mass is 582 g/mol. The number of hydrogen-bond acceptors (Lipinski definition) is 7.